The number of halogens is 1. The van der Waals surface area contributed by atoms with Crippen LogP contribution in [-0.2, 0) is 13.5 Å². The number of rotatable bonds is 15. The summed E-state index contributed by atoms with van der Waals surface area (Å²) in [5.74, 6) is 1.15. The van der Waals surface area contributed by atoms with E-state index in [1.807, 2.05) is 0 Å². The first-order valence-electron chi connectivity index (χ1n) is 10.7. The molecule has 148 valence electrons. The van der Waals surface area contributed by atoms with Crippen molar-refractivity contribution in [3.63, 3.8) is 0 Å². The standard InChI is InChI=1S/C22H42N2.BrH/c1-5-6-7-8-9-10-11-12-13-14-15-16-17-18-19-22-20(2)23-21(3)24(22)4;/h5-19H2,1-4H3;1H. The molecule has 25 heavy (non-hydrogen) atoms. The molecule has 1 aromatic rings. The van der Waals surface area contributed by atoms with Crippen molar-refractivity contribution in [3.05, 3.63) is 17.2 Å². The Labute approximate surface area is 168 Å². The maximum Gasteiger partial charge on any atom is 0.105 e. The highest BCUT2D eigenvalue weighted by Crippen LogP contribution is 2.15. The predicted molar refractivity (Wildman–Crippen MR) is 117 cm³/mol. The van der Waals surface area contributed by atoms with Gasteiger partial charge in [0.05, 0.1) is 5.69 Å². The van der Waals surface area contributed by atoms with Gasteiger partial charge in [0.2, 0.25) is 0 Å². The van der Waals surface area contributed by atoms with Crippen molar-refractivity contribution < 1.29 is 0 Å². The highest BCUT2D eigenvalue weighted by Gasteiger charge is 2.07. The largest absolute Gasteiger partial charge is 0.335 e. The normalized spacial score (nSPS) is 10.9. The van der Waals surface area contributed by atoms with Gasteiger partial charge in [-0.2, -0.15) is 0 Å². The number of aromatic nitrogens is 2. The van der Waals surface area contributed by atoms with Crippen molar-refractivity contribution in [2.75, 3.05) is 0 Å². The summed E-state index contributed by atoms with van der Waals surface area (Å²) >= 11 is 0. The van der Waals surface area contributed by atoms with E-state index in [0.29, 0.717) is 0 Å². The lowest BCUT2D eigenvalue weighted by Crippen LogP contribution is -1.99. The molecule has 0 saturated heterocycles. The summed E-state index contributed by atoms with van der Waals surface area (Å²) in [5, 5.41) is 0. The summed E-state index contributed by atoms with van der Waals surface area (Å²) in [6.45, 7) is 6.54. The monoisotopic (exact) mass is 414 g/mol. The average molecular weight is 416 g/mol. The third-order valence-electron chi connectivity index (χ3n) is 5.40. The SMILES string of the molecule is Br.CCCCCCCCCCCCCCCCc1c(C)nc(C)n1C. The highest BCUT2D eigenvalue weighted by atomic mass is 79.9. The molecular weight excluding hydrogens is 372 g/mol. The second-order valence-corrected chi connectivity index (χ2v) is 7.60. The Morgan fingerprint density at radius 3 is 1.44 bits per heavy atom. The van der Waals surface area contributed by atoms with E-state index < -0.39 is 0 Å². The molecule has 0 saturated carbocycles. The molecule has 1 aromatic heterocycles. The summed E-state index contributed by atoms with van der Waals surface area (Å²) in [5.41, 5.74) is 2.66. The Morgan fingerprint density at radius 2 is 1.08 bits per heavy atom. The van der Waals surface area contributed by atoms with Gasteiger partial charge in [0, 0.05) is 12.7 Å². The van der Waals surface area contributed by atoms with E-state index in [1.165, 1.54) is 108 Å². The van der Waals surface area contributed by atoms with Gasteiger partial charge >= 0.3 is 0 Å². The number of aryl methyl sites for hydroxylation is 2. The molecule has 0 aliphatic carbocycles. The van der Waals surface area contributed by atoms with Crippen molar-refractivity contribution >= 4 is 17.0 Å². The van der Waals surface area contributed by atoms with Crippen LogP contribution < -0.4 is 0 Å². The van der Waals surface area contributed by atoms with Crippen LogP contribution in [0.15, 0.2) is 0 Å². The molecule has 0 N–H and O–H groups in total. The van der Waals surface area contributed by atoms with Gasteiger partial charge in [-0.25, -0.2) is 4.98 Å². The van der Waals surface area contributed by atoms with Crippen LogP contribution in [0.3, 0.4) is 0 Å². The van der Waals surface area contributed by atoms with Crippen LogP contribution >= 0.6 is 17.0 Å². The van der Waals surface area contributed by atoms with E-state index in [9.17, 15) is 0 Å². The van der Waals surface area contributed by atoms with Gasteiger partial charge in [-0.15, -0.1) is 17.0 Å². The molecule has 0 spiro atoms. The van der Waals surface area contributed by atoms with Gasteiger partial charge in [0.15, 0.2) is 0 Å². The third-order valence-corrected chi connectivity index (χ3v) is 5.40. The molecule has 3 heteroatoms. The Bertz CT molecular complexity index is 426. The molecule has 0 fully saturated rings. The quantitative estimate of drug-likeness (QED) is 0.269. The fourth-order valence-electron chi connectivity index (χ4n) is 3.66. The summed E-state index contributed by atoms with van der Waals surface area (Å²) in [4.78, 5) is 4.56. The van der Waals surface area contributed by atoms with E-state index in [2.05, 4.69) is 37.4 Å². The zero-order valence-electron chi connectivity index (χ0n) is 17.4. The van der Waals surface area contributed by atoms with Crippen molar-refractivity contribution in [2.45, 2.75) is 117 Å². The van der Waals surface area contributed by atoms with Crippen molar-refractivity contribution in [3.8, 4) is 0 Å². The second kappa shape index (κ2) is 15.9. The Kier molecular flexibility index (Phi) is 15.7. The average Bonchev–Trinajstić information content (AvgIpc) is 2.81. The zero-order valence-corrected chi connectivity index (χ0v) is 19.1. The second-order valence-electron chi connectivity index (χ2n) is 7.60. The van der Waals surface area contributed by atoms with Crippen LogP contribution in [0.4, 0.5) is 0 Å². The van der Waals surface area contributed by atoms with Crippen molar-refractivity contribution in [2.24, 2.45) is 7.05 Å². The van der Waals surface area contributed by atoms with Gasteiger partial charge in [-0.05, 0) is 26.7 Å². The molecule has 0 atom stereocenters. The van der Waals surface area contributed by atoms with Crippen molar-refractivity contribution in [1.29, 1.82) is 0 Å². The summed E-state index contributed by atoms with van der Waals surface area (Å²) in [6, 6.07) is 0. The first-order chi connectivity index (χ1) is 11.7. The molecule has 1 rings (SSSR count). The molecule has 0 unspecified atom stereocenters. The van der Waals surface area contributed by atoms with E-state index >= 15 is 0 Å². The molecule has 1 heterocycles. The number of imidazole rings is 1. The van der Waals surface area contributed by atoms with Crippen LogP contribution in [0, 0.1) is 13.8 Å². The summed E-state index contributed by atoms with van der Waals surface area (Å²) in [7, 11) is 2.15. The Morgan fingerprint density at radius 1 is 0.680 bits per heavy atom. The predicted octanol–water partition coefficient (Wildman–Crippen LogP) is 7.64. The Hall–Kier alpha value is -0.310. The maximum atomic E-state index is 4.56. The number of hydrogen-bond acceptors (Lipinski definition) is 1. The minimum absolute atomic E-state index is 0. The lowest BCUT2D eigenvalue weighted by molar-refractivity contribution is 0.534. The van der Waals surface area contributed by atoms with Gasteiger partial charge in [-0.1, -0.05) is 90.4 Å². The van der Waals surface area contributed by atoms with Crippen LogP contribution in [0.5, 0.6) is 0 Å². The van der Waals surface area contributed by atoms with Gasteiger partial charge in [0.25, 0.3) is 0 Å². The molecule has 0 radical (unpaired) electrons. The fraction of sp³-hybridized carbons (Fsp3) is 0.864. The van der Waals surface area contributed by atoms with Gasteiger partial charge < -0.3 is 4.57 Å². The van der Waals surface area contributed by atoms with E-state index in [0.717, 1.165) is 5.82 Å². The minimum Gasteiger partial charge on any atom is -0.335 e. The number of nitrogens with zero attached hydrogens (tertiary/aromatic N) is 2. The third kappa shape index (κ3) is 11.1. The molecule has 0 aliphatic rings. The number of hydrogen-bond donors (Lipinski definition) is 0. The topological polar surface area (TPSA) is 17.8 Å². The van der Waals surface area contributed by atoms with Crippen molar-refractivity contribution in [1.82, 2.24) is 9.55 Å². The molecular formula is C22H43BrN2. The summed E-state index contributed by atoms with van der Waals surface area (Å²) < 4.78 is 2.26. The minimum atomic E-state index is 0. The molecule has 0 bridgehead atoms. The molecule has 0 amide bonds. The lowest BCUT2D eigenvalue weighted by Gasteiger charge is -2.05. The smallest absolute Gasteiger partial charge is 0.105 e. The summed E-state index contributed by atoms with van der Waals surface area (Å²) in [6.07, 6.45) is 21.2. The lowest BCUT2D eigenvalue weighted by atomic mass is 10.0. The van der Waals surface area contributed by atoms with Crippen LogP contribution in [0.25, 0.3) is 0 Å². The molecule has 0 aromatic carbocycles. The highest BCUT2D eigenvalue weighted by molar-refractivity contribution is 8.93. The maximum absolute atomic E-state index is 4.56. The van der Waals surface area contributed by atoms with E-state index in [4.69, 9.17) is 0 Å². The Balaban J connectivity index is 0.00000576. The first-order valence-corrected chi connectivity index (χ1v) is 10.7. The van der Waals surface area contributed by atoms with E-state index in [1.54, 1.807) is 0 Å². The fourth-order valence-corrected chi connectivity index (χ4v) is 3.66. The van der Waals surface area contributed by atoms with Gasteiger partial charge in [-0.3, -0.25) is 0 Å². The van der Waals surface area contributed by atoms with Gasteiger partial charge in [0.1, 0.15) is 5.82 Å². The van der Waals surface area contributed by atoms with Crippen LogP contribution in [-0.4, -0.2) is 9.55 Å². The molecule has 0 aliphatic heterocycles. The number of unbranched alkanes of at least 4 members (excludes halogenated alkanes) is 13. The zero-order chi connectivity index (χ0) is 17.6. The van der Waals surface area contributed by atoms with E-state index in [-0.39, 0.29) is 17.0 Å². The molecule has 2 nitrogen and oxygen atoms in total. The van der Waals surface area contributed by atoms with Crippen LogP contribution in [0.2, 0.25) is 0 Å². The first kappa shape index (κ1) is 24.7. The van der Waals surface area contributed by atoms with Crippen LogP contribution in [0.1, 0.15) is 114 Å².